The fourth-order valence-corrected chi connectivity index (χ4v) is 4.04. The van der Waals surface area contributed by atoms with Gasteiger partial charge in [0.1, 0.15) is 10.6 Å². The highest BCUT2D eigenvalue weighted by Gasteiger charge is 2.20. The number of ether oxygens (including phenoxy) is 1. The summed E-state index contributed by atoms with van der Waals surface area (Å²) in [4.78, 5) is 11.0. The Morgan fingerprint density at radius 1 is 1.24 bits per heavy atom. The Kier molecular flexibility index (Phi) is 5.19. The monoisotopic (exact) mass is 362 g/mol. The van der Waals surface area contributed by atoms with E-state index in [9.17, 15) is 8.42 Å². The lowest BCUT2D eigenvalue weighted by atomic mass is 10.2. The van der Waals surface area contributed by atoms with Gasteiger partial charge in [0, 0.05) is 19.3 Å². The summed E-state index contributed by atoms with van der Waals surface area (Å²) in [5, 5.41) is 0. The molecule has 0 radical (unpaired) electrons. The first kappa shape index (κ1) is 17.6. The van der Waals surface area contributed by atoms with Gasteiger partial charge < -0.3 is 9.64 Å². The number of nitrogens with one attached hydrogen (secondary N) is 1. The second-order valence-corrected chi connectivity index (χ2v) is 7.76. The van der Waals surface area contributed by atoms with Crippen LogP contribution >= 0.6 is 0 Å². The van der Waals surface area contributed by atoms with Crippen LogP contribution in [0.3, 0.4) is 0 Å². The Balaban J connectivity index is 1.76. The van der Waals surface area contributed by atoms with Gasteiger partial charge in [-0.25, -0.2) is 23.1 Å². The number of aryl methyl sites for hydroxylation is 1. The van der Waals surface area contributed by atoms with Gasteiger partial charge in [-0.15, -0.1) is 0 Å². The fraction of sp³-hybridized carbons (Fsp3) is 0.412. The third-order valence-corrected chi connectivity index (χ3v) is 5.56. The predicted molar refractivity (Wildman–Crippen MR) is 95.2 cm³/mol. The van der Waals surface area contributed by atoms with Crippen molar-refractivity contribution in [2.45, 2.75) is 31.2 Å². The lowest BCUT2D eigenvalue weighted by molar-refractivity contribution is 0.402. The van der Waals surface area contributed by atoms with Crippen molar-refractivity contribution in [1.29, 1.82) is 0 Å². The Morgan fingerprint density at radius 3 is 2.72 bits per heavy atom. The van der Waals surface area contributed by atoms with E-state index in [2.05, 4.69) is 19.6 Å². The molecule has 1 aliphatic rings. The van der Waals surface area contributed by atoms with Gasteiger partial charge in [-0.1, -0.05) is 6.07 Å². The van der Waals surface area contributed by atoms with Crippen molar-refractivity contribution in [3.63, 3.8) is 0 Å². The number of anilines is 1. The molecule has 0 bridgehead atoms. The molecule has 1 aromatic heterocycles. The molecule has 0 saturated carbocycles. The quantitative estimate of drug-likeness (QED) is 0.844. The van der Waals surface area contributed by atoms with E-state index in [0.29, 0.717) is 17.4 Å². The fourth-order valence-electron chi connectivity index (χ4n) is 2.79. The van der Waals surface area contributed by atoms with Gasteiger partial charge in [-0.05, 0) is 43.5 Å². The number of nitrogens with zero attached hydrogens (tertiary/aromatic N) is 3. The molecule has 0 amide bonds. The third-order valence-electron chi connectivity index (χ3n) is 4.14. The highest BCUT2D eigenvalue weighted by Crippen LogP contribution is 2.24. The topological polar surface area (TPSA) is 84.4 Å². The van der Waals surface area contributed by atoms with Crippen LogP contribution in [-0.4, -0.2) is 38.6 Å². The Bertz CT molecular complexity index is 849. The zero-order valence-electron chi connectivity index (χ0n) is 14.4. The number of benzene rings is 1. The van der Waals surface area contributed by atoms with Crippen LogP contribution in [-0.2, 0) is 16.6 Å². The molecule has 0 unspecified atom stereocenters. The summed E-state index contributed by atoms with van der Waals surface area (Å²) >= 11 is 0. The molecule has 7 nitrogen and oxygen atoms in total. The molecule has 1 aromatic carbocycles. The molecular weight excluding hydrogens is 340 g/mol. The van der Waals surface area contributed by atoms with Crippen molar-refractivity contribution in [1.82, 2.24) is 14.7 Å². The summed E-state index contributed by atoms with van der Waals surface area (Å²) in [5.74, 6) is 0.973. The minimum Gasteiger partial charge on any atom is -0.495 e. The maximum Gasteiger partial charge on any atom is 0.244 e. The predicted octanol–water partition coefficient (Wildman–Crippen LogP) is 1.87. The highest BCUT2D eigenvalue weighted by molar-refractivity contribution is 7.89. The summed E-state index contributed by atoms with van der Waals surface area (Å²) in [6.45, 7) is 3.82. The highest BCUT2D eigenvalue weighted by atomic mass is 32.2. The second-order valence-electron chi connectivity index (χ2n) is 6.02. The number of rotatable bonds is 6. The van der Waals surface area contributed by atoms with Crippen LogP contribution in [0, 0.1) is 6.92 Å². The normalized spacial score (nSPS) is 14.7. The molecule has 2 aromatic rings. The molecule has 25 heavy (non-hydrogen) atoms. The van der Waals surface area contributed by atoms with E-state index in [-0.39, 0.29) is 11.4 Å². The first-order chi connectivity index (χ1) is 12.0. The van der Waals surface area contributed by atoms with E-state index in [1.54, 1.807) is 24.4 Å². The average Bonchev–Trinajstić information content (AvgIpc) is 3.15. The first-order valence-electron chi connectivity index (χ1n) is 8.21. The number of hydrogen-bond acceptors (Lipinski definition) is 6. The van der Waals surface area contributed by atoms with Gasteiger partial charge in [-0.3, -0.25) is 0 Å². The molecule has 1 aliphatic heterocycles. The first-order valence-corrected chi connectivity index (χ1v) is 9.69. The summed E-state index contributed by atoms with van der Waals surface area (Å²) in [5.41, 5.74) is 1.48. The van der Waals surface area contributed by atoms with Gasteiger partial charge in [0.25, 0.3) is 0 Å². The van der Waals surface area contributed by atoms with Crippen LogP contribution in [0.15, 0.2) is 35.4 Å². The summed E-state index contributed by atoms with van der Waals surface area (Å²) in [6, 6.07) is 6.77. The maximum absolute atomic E-state index is 12.6. The van der Waals surface area contributed by atoms with Crippen LogP contribution in [0.1, 0.15) is 24.1 Å². The van der Waals surface area contributed by atoms with Crippen molar-refractivity contribution in [3.8, 4) is 5.75 Å². The third kappa shape index (κ3) is 4.08. The van der Waals surface area contributed by atoms with Crippen LogP contribution in [0.5, 0.6) is 5.75 Å². The summed E-state index contributed by atoms with van der Waals surface area (Å²) in [7, 11) is -2.25. The summed E-state index contributed by atoms with van der Waals surface area (Å²) < 4.78 is 33.0. The van der Waals surface area contributed by atoms with E-state index in [4.69, 9.17) is 4.74 Å². The van der Waals surface area contributed by atoms with E-state index in [0.717, 1.165) is 31.5 Å². The van der Waals surface area contributed by atoms with Crippen LogP contribution in [0.25, 0.3) is 0 Å². The molecule has 0 spiro atoms. The van der Waals surface area contributed by atoms with Crippen molar-refractivity contribution in [2.24, 2.45) is 0 Å². The summed E-state index contributed by atoms with van der Waals surface area (Å²) in [6.07, 6.45) is 3.93. The minimum absolute atomic E-state index is 0.1000. The molecular formula is C17H22N4O3S. The van der Waals surface area contributed by atoms with Gasteiger partial charge in [-0.2, -0.15) is 0 Å². The second kappa shape index (κ2) is 7.37. The van der Waals surface area contributed by atoms with Crippen LogP contribution < -0.4 is 14.4 Å². The molecule has 1 N–H and O–H groups in total. The zero-order chi connectivity index (χ0) is 17.9. The van der Waals surface area contributed by atoms with Crippen molar-refractivity contribution in [2.75, 3.05) is 25.1 Å². The zero-order valence-corrected chi connectivity index (χ0v) is 15.2. The largest absolute Gasteiger partial charge is 0.495 e. The lowest BCUT2D eigenvalue weighted by Crippen LogP contribution is -2.25. The maximum atomic E-state index is 12.6. The molecule has 3 rings (SSSR count). The van der Waals surface area contributed by atoms with Crippen LogP contribution in [0.2, 0.25) is 0 Å². The number of hydrogen-bond donors (Lipinski definition) is 1. The molecule has 1 saturated heterocycles. The van der Waals surface area contributed by atoms with E-state index < -0.39 is 10.0 Å². The van der Waals surface area contributed by atoms with Crippen molar-refractivity contribution in [3.05, 3.63) is 41.7 Å². The van der Waals surface area contributed by atoms with E-state index in [1.165, 1.54) is 7.11 Å². The smallest absolute Gasteiger partial charge is 0.244 e. The molecule has 134 valence electrons. The van der Waals surface area contributed by atoms with Crippen LogP contribution in [0.4, 0.5) is 5.95 Å². The standard InChI is InChI=1S/C17H22N4O3S/c1-13-5-6-15(24-2)16(11-13)25(22,23)19-12-14-7-8-18-17(20-14)21-9-3-4-10-21/h5-8,11,19H,3-4,9-10,12H2,1-2H3. The minimum atomic E-state index is -3.70. The van der Waals surface area contributed by atoms with Gasteiger partial charge >= 0.3 is 0 Å². The molecule has 1 fully saturated rings. The number of methoxy groups -OCH3 is 1. The Morgan fingerprint density at radius 2 is 2.00 bits per heavy atom. The van der Waals surface area contributed by atoms with E-state index in [1.807, 2.05) is 13.0 Å². The number of sulfonamides is 1. The van der Waals surface area contributed by atoms with E-state index >= 15 is 0 Å². The van der Waals surface area contributed by atoms with Gasteiger partial charge in [0.2, 0.25) is 16.0 Å². The molecule has 0 aliphatic carbocycles. The van der Waals surface area contributed by atoms with Crippen molar-refractivity contribution >= 4 is 16.0 Å². The van der Waals surface area contributed by atoms with Gasteiger partial charge in [0.05, 0.1) is 19.3 Å². The SMILES string of the molecule is COc1ccc(C)cc1S(=O)(=O)NCc1ccnc(N2CCCC2)n1. The molecule has 2 heterocycles. The van der Waals surface area contributed by atoms with Gasteiger partial charge in [0.15, 0.2) is 0 Å². The average molecular weight is 362 g/mol. The lowest BCUT2D eigenvalue weighted by Gasteiger charge is -2.15. The molecule has 8 heteroatoms. The Labute approximate surface area is 148 Å². The molecule has 0 atom stereocenters. The number of aromatic nitrogens is 2. The van der Waals surface area contributed by atoms with Crippen molar-refractivity contribution < 1.29 is 13.2 Å². The Hall–Kier alpha value is -2.19.